The van der Waals surface area contributed by atoms with Crippen molar-refractivity contribution in [3.05, 3.63) is 0 Å². The van der Waals surface area contributed by atoms with Crippen molar-refractivity contribution in [2.24, 2.45) is 5.73 Å². The van der Waals surface area contributed by atoms with Crippen molar-refractivity contribution >= 4 is 11.9 Å². The summed E-state index contributed by atoms with van der Waals surface area (Å²) in [5.74, 6) is -1.32. The lowest BCUT2D eigenvalue weighted by Crippen LogP contribution is -2.24. The van der Waals surface area contributed by atoms with Gasteiger partial charge in [0.1, 0.15) is 0 Å². The van der Waals surface area contributed by atoms with E-state index in [1.54, 1.807) is 0 Å². The average molecular weight is 175 g/mol. The first-order valence-corrected chi connectivity index (χ1v) is 3.60. The van der Waals surface area contributed by atoms with Crippen LogP contribution in [0, 0.1) is 0 Å². The fraction of sp³-hybridized carbons (Fsp3) is 0.714. The third-order valence-corrected chi connectivity index (χ3v) is 1.38. The van der Waals surface area contributed by atoms with E-state index in [4.69, 9.17) is 10.8 Å². The minimum absolute atomic E-state index is 0.114. The normalized spacial score (nSPS) is 12.2. The van der Waals surface area contributed by atoms with E-state index in [0.717, 1.165) is 0 Å². The number of ether oxygens (including phenoxy) is 1. The topological polar surface area (TPSA) is 89.6 Å². The largest absolute Gasteiger partial charge is 0.481 e. The van der Waals surface area contributed by atoms with Crippen LogP contribution < -0.4 is 5.73 Å². The lowest BCUT2D eigenvalue weighted by Gasteiger charge is -2.06. The molecule has 0 bridgehead atoms. The molecule has 0 saturated carbocycles. The number of rotatable bonds is 5. The van der Waals surface area contributed by atoms with Gasteiger partial charge in [-0.05, 0) is 6.42 Å². The SMILES string of the molecule is COC(=O)CC[C@@H](N)CC(=O)O. The number of methoxy groups -OCH3 is 1. The quantitative estimate of drug-likeness (QED) is 0.562. The van der Waals surface area contributed by atoms with Crippen LogP contribution in [0.3, 0.4) is 0 Å². The van der Waals surface area contributed by atoms with Crippen molar-refractivity contribution < 1.29 is 19.4 Å². The molecule has 0 rings (SSSR count). The molecule has 0 aromatic heterocycles. The Labute approximate surface area is 70.5 Å². The number of carboxylic acid groups (broad SMARTS) is 1. The fourth-order valence-electron chi connectivity index (χ4n) is 0.732. The maximum absolute atomic E-state index is 10.6. The van der Waals surface area contributed by atoms with Gasteiger partial charge in [-0.2, -0.15) is 0 Å². The van der Waals surface area contributed by atoms with Crippen LogP contribution in [0.2, 0.25) is 0 Å². The predicted molar refractivity (Wildman–Crippen MR) is 41.5 cm³/mol. The third-order valence-electron chi connectivity index (χ3n) is 1.38. The maximum Gasteiger partial charge on any atom is 0.305 e. The zero-order valence-corrected chi connectivity index (χ0v) is 6.95. The van der Waals surface area contributed by atoms with Gasteiger partial charge in [-0.3, -0.25) is 9.59 Å². The van der Waals surface area contributed by atoms with Gasteiger partial charge in [-0.1, -0.05) is 0 Å². The molecule has 0 aromatic rings. The minimum Gasteiger partial charge on any atom is -0.481 e. The summed E-state index contributed by atoms with van der Waals surface area (Å²) >= 11 is 0. The Bertz CT molecular complexity index is 169. The zero-order chi connectivity index (χ0) is 9.56. The molecule has 0 aliphatic rings. The van der Waals surface area contributed by atoms with Gasteiger partial charge in [-0.25, -0.2) is 0 Å². The zero-order valence-electron chi connectivity index (χ0n) is 6.95. The molecule has 0 unspecified atom stereocenters. The molecule has 0 fully saturated rings. The van der Waals surface area contributed by atoms with Crippen molar-refractivity contribution in [2.45, 2.75) is 25.3 Å². The van der Waals surface area contributed by atoms with Crippen LogP contribution in [0.4, 0.5) is 0 Å². The van der Waals surface area contributed by atoms with E-state index in [-0.39, 0.29) is 18.8 Å². The lowest BCUT2D eigenvalue weighted by molar-refractivity contribution is -0.142. The van der Waals surface area contributed by atoms with E-state index in [0.29, 0.717) is 6.42 Å². The fourth-order valence-corrected chi connectivity index (χ4v) is 0.732. The summed E-state index contributed by atoms with van der Waals surface area (Å²) in [4.78, 5) is 20.7. The second kappa shape index (κ2) is 5.54. The van der Waals surface area contributed by atoms with Crippen LogP contribution >= 0.6 is 0 Å². The first-order chi connectivity index (χ1) is 5.56. The number of esters is 1. The molecule has 0 spiro atoms. The number of nitrogens with two attached hydrogens (primary N) is 1. The molecule has 0 heterocycles. The van der Waals surface area contributed by atoms with Gasteiger partial charge >= 0.3 is 11.9 Å². The molecule has 12 heavy (non-hydrogen) atoms. The first kappa shape index (κ1) is 10.9. The molecular formula is C7H13NO4. The van der Waals surface area contributed by atoms with Crippen molar-refractivity contribution in [3.8, 4) is 0 Å². The standard InChI is InChI=1S/C7H13NO4/c1-12-7(11)3-2-5(8)4-6(9)10/h5H,2-4,8H2,1H3,(H,9,10)/t5-/m1/s1. The molecule has 3 N–H and O–H groups in total. The van der Waals surface area contributed by atoms with Crippen molar-refractivity contribution in [2.75, 3.05) is 7.11 Å². The molecule has 0 saturated heterocycles. The Kier molecular flexibility index (Phi) is 5.03. The van der Waals surface area contributed by atoms with E-state index in [2.05, 4.69) is 4.74 Å². The van der Waals surface area contributed by atoms with Crippen LogP contribution in [0.25, 0.3) is 0 Å². The number of hydrogen-bond acceptors (Lipinski definition) is 4. The number of aliphatic carboxylic acids is 1. The highest BCUT2D eigenvalue weighted by Gasteiger charge is 2.10. The Morgan fingerprint density at radius 1 is 1.58 bits per heavy atom. The van der Waals surface area contributed by atoms with Crippen LogP contribution in [-0.4, -0.2) is 30.2 Å². The molecule has 0 radical (unpaired) electrons. The smallest absolute Gasteiger partial charge is 0.305 e. The summed E-state index contributed by atoms with van der Waals surface area (Å²) in [7, 11) is 1.28. The van der Waals surface area contributed by atoms with Crippen LogP contribution in [-0.2, 0) is 14.3 Å². The van der Waals surface area contributed by atoms with Gasteiger partial charge < -0.3 is 15.6 Å². The summed E-state index contributed by atoms with van der Waals surface area (Å²) in [6, 6.07) is -0.471. The van der Waals surface area contributed by atoms with Gasteiger partial charge in [-0.15, -0.1) is 0 Å². The summed E-state index contributed by atoms with van der Waals surface area (Å²) in [5, 5.41) is 8.31. The summed E-state index contributed by atoms with van der Waals surface area (Å²) in [6.45, 7) is 0. The highest BCUT2D eigenvalue weighted by Crippen LogP contribution is 1.99. The van der Waals surface area contributed by atoms with E-state index in [1.165, 1.54) is 7.11 Å². The second-order valence-electron chi connectivity index (χ2n) is 2.47. The molecule has 0 aliphatic heterocycles. The Balaban J connectivity index is 3.50. The van der Waals surface area contributed by atoms with Gasteiger partial charge in [0.05, 0.1) is 13.5 Å². The average Bonchev–Trinajstić information content (AvgIpc) is 1.99. The maximum atomic E-state index is 10.6. The van der Waals surface area contributed by atoms with E-state index in [1.807, 2.05) is 0 Å². The highest BCUT2D eigenvalue weighted by molar-refractivity contribution is 5.70. The van der Waals surface area contributed by atoms with E-state index >= 15 is 0 Å². The van der Waals surface area contributed by atoms with Gasteiger partial charge in [0.15, 0.2) is 0 Å². The summed E-state index contributed by atoms with van der Waals surface area (Å²) < 4.78 is 4.36. The highest BCUT2D eigenvalue weighted by atomic mass is 16.5. The summed E-state index contributed by atoms with van der Waals surface area (Å²) in [6.07, 6.45) is 0.404. The van der Waals surface area contributed by atoms with Crippen molar-refractivity contribution in [3.63, 3.8) is 0 Å². The Morgan fingerprint density at radius 3 is 2.58 bits per heavy atom. The molecule has 5 nitrogen and oxygen atoms in total. The van der Waals surface area contributed by atoms with Crippen molar-refractivity contribution in [1.82, 2.24) is 0 Å². The molecule has 70 valence electrons. The molecule has 0 amide bonds. The van der Waals surface area contributed by atoms with E-state index in [9.17, 15) is 9.59 Å². The molecule has 0 aromatic carbocycles. The first-order valence-electron chi connectivity index (χ1n) is 3.60. The van der Waals surface area contributed by atoms with E-state index < -0.39 is 12.0 Å². The van der Waals surface area contributed by atoms with Gasteiger partial charge in [0.25, 0.3) is 0 Å². The van der Waals surface area contributed by atoms with Crippen LogP contribution in [0.5, 0.6) is 0 Å². The molecular weight excluding hydrogens is 162 g/mol. The predicted octanol–water partition coefficient (Wildman–Crippen LogP) is -0.258. The van der Waals surface area contributed by atoms with Gasteiger partial charge in [0.2, 0.25) is 0 Å². The van der Waals surface area contributed by atoms with Crippen molar-refractivity contribution in [1.29, 1.82) is 0 Å². The van der Waals surface area contributed by atoms with Crippen LogP contribution in [0.1, 0.15) is 19.3 Å². The Morgan fingerprint density at radius 2 is 2.17 bits per heavy atom. The minimum atomic E-state index is -0.952. The van der Waals surface area contributed by atoms with Gasteiger partial charge in [0, 0.05) is 12.5 Å². The molecule has 5 heteroatoms. The third kappa shape index (κ3) is 5.67. The Hall–Kier alpha value is -1.10. The molecule has 1 atom stereocenters. The number of carboxylic acids is 1. The number of carbonyl (C=O) groups excluding carboxylic acids is 1. The molecule has 0 aliphatic carbocycles. The number of carbonyl (C=O) groups is 2. The van der Waals surface area contributed by atoms with Crippen LogP contribution in [0.15, 0.2) is 0 Å². The number of hydrogen-bond donors (Lipinski definition) is 2. The monoisotopic (exact) mass is 175 g/mol. The second-order valence-corrected chi connectivity index (χ2v) is 2.47. The lowest BCUT2D eigenvalue weighted by atomic mass is 10.1. The summed E-state index contributed by atoms with van der Waals surface area (Å²) in [5.41, 5.74) is 5.39.